The molecule has 3 N–H and O–H groups in total. The van der Waals surface area contributed by atoms with Crippen molar-refractivity contribution in [3.8, 4) is 0 Å². The lowest BCUT2D eigenvalue weighted by molar-refractivity contribution is 0.0531. The number of thiophene rings is 1. The molecule has 0 atom stereocenters. The van der Waals surface area contributed by atoms with Crippen molar-refractivity contribution in [3.05, 3.63) is 39.3 Å². The van der Waals surface area contributed by atoms with E-state index < -0.39 is 35.7 Å². The first-order valence-electron chi connectivity index (χ1n) is 8.58. The van der Waals surface area contributed by atoms with Gasteiger partial charge < -0.3 is 15.8 Å². The zero-order valence-corrected chi connectivity index (χ0v) is 16.8. The molecule has 10 nitrogen and oxygen atoms in total. The third kappa shape index (κ3) is 3.83. The fourth-order valence-electron chi connectivity index (χ4n) is 2.71. The maximum Gasteiger partial charge on any atom is 0.348 e. The summed E-state index contributed by atoms with van der Waals surface area (Å²) in [5.41, 5.74) is 5.37. The lowest BCUT2D eigenvalue weighted by Gasteiger charge is -2.03. The molecule has 3 aromatic rings. The van der Waals surface area contributed by atoms with E-state index in [9.17, 15) is 23.2 Å². The highest BCUT2D eigenvalue weighted by Gasteiger charge is 2.27. The largest absolute Gasteiger partial charge is 0.462 e. The second-order valence-corrected chi connectivity index (χ2v) is 7.09. The third-order valence-corrected chi connectivity index (χ3v) is 5.16. The van der Waals surface area contributed by atoms with Gasteiger partial charge in [0, 0.05) is 5.69 Å². The highest BCUT2D eigenvalue weighted by atomic mass is 32.1. The molecule has 0 aliphatic heterocycles. The number of halogens is 2. The zero-order valence-electron chi connectivity index (χ0n) is 16.0. The second-order valence-electron chi connectivity index (χ2n) is 6.07. The predicted molar refractivity (Wildman–Crippen MR) is 102 cm³/mol. The van der Waals surface area contributed by atoms with Gasteiger partial charge in [-0.3, -0.25) is 9.59 Å². The van der Waals surface area contributed by atoms with Crippen molar-refractivity contribution in [2.45, 2.75) is 27.2 Å². The summed E-state index contributed by atoms with van der Waals surface area (Å²) in [7, 11) is 0. The van der Waals surface area contributed by atoms with Crippen molar-refractivity contribution < 1.29 is 27.9 Å². The Morgan fingerprint density at radius 3 is 2.60 bits per heavy atom. The van der Waals surface area contributed by atoms with Crippen LogP contribution < -0.4 is 11.1 Å². The Morgan fingerprint density at radius 2 is 2.00 bits per heavy atom. The number of nitrogens with zero attached hydrogens (tertiary/aromatic N) is 4. The average Bonchev–Trinajstić information content (AvgIpc) is 3.22. The number of carbonyl (C=O) groups is 3. The zero-order chi connectivity index (χ0) is 22.2. The number of carbonyl (C=O) groups excluding carboxylic acids is 3. The fourth-order valence-corrected chi connectivity index (χ4v) is 3.82. The van der Waals surface area contributed by atoms with E-state index in [4.69, 9.17) is 10.5 Å². The number of aromatic nitrogens is 4. The molecule has 0 spiro atoms. The lowest BCUT2D eigenvalue weighted by atomic mass is 10.1. The van der Waals surface area contributed by atoms with Gasteiger partial charge in [-0.1, -0.05) is 0 Å². The Kier molecular flexibility index (Phi) is 5.73. The van der Waals surface area contributed by atoms with Crippen molar-refractivity contribution in [1.29, 1.82) is 0 Å². The predicted octanol–water partition coefficient (Wildman–Crippen LogP) is 2.27. The molecule has 0 unspecified atom stereocenters. The van der Waals surface area contributed by atoms with Crippen LogP contribution >= 0.6 is 11.3 Å². The van der Waals surface area contributed by atoms with Gasteiger partial charge in [-0.25, -0.2) is 18.6 Å². The van der Waals surface area contributed by atoms with Crippen LogP contribution in [0.3, 0.4) is 0 Å². The minimum atomic E-state index is -2.86. The topological polar surface area (TPSA) is 142 Å². The number of fused-ring (bicyclic) bond motifs is 1. The Labute approximate surface area is 172 Å². The van der Waals surface area contributed by atoms with E-state index in [1.807, 2.05) is 0 Å². The molecule has 0 saturated carbocycles. The van der Waals surface area contributed by atoms with Crippen LogP contribution in [0.1, 0.15) is 60.9 Å². The Bertz CT molecular complexity index is 1170. The number of primary amides is 1. The molecule has 3 heterocycles. The summed E-state index contributed by atoms with van der Waals surface area (Å²) >= 11 is 0.798. The number of alkyl halides is 2. The van der Waals surface area contributed by atoms with Gasteiger partial charge in [0.25, 0.3) is 24.0 Å². The molecule has 13 heteroatoms. The Balaban J connectivity index is 2.00. The fraction of sp³-hybridized carbons (Fsp3) is 0.294. The number of hydrogen-bond acceptors (Lipinski definition) is 8. The average molecular weight is 438 g/mol. The van der Waals surface area contributed by atoms with Crippen LogP contribution in [-0.2, 0) is 4.74 Å². The molecule has 0 saturated heterocycles. The summed E-state index contributed by atoms with van der Waals surface area (Å²) in [6.07, 6.45) is -2.86. The van der Waals surface area contributed by atoms with Crippen LogP contribution in [0.5, 0.6) is 0 Å². The van der Waals surface area contributed by atoms with Gasteiger partial charge >= 0.3 is 5.97 Å². The summed E-state index contributed by atoms with van der Waals surface area (Å²) in [6.45, 7) is 4.74. The van der Waals surface area contributed by atoms with E-state index in [0.717, 1.165) is 21.9 Å². The first-order chi connectivity index (χ1) is 14.1. The number of nitrogens with two attached hydrogens (primary N) is 1. The molecule has 0 aliphatic rings. The van der Waals surface area contributed by atoms with Crippen LogP contribution in [-0.4, -0.2) is 44.0 Å². The van der Waals surface area contributed by atoms with Crippen LogP contribution in [0.4, 0.5) is 13.8 Å². The molecule has 2 amide bonds. The van der Waals surface area contributed by atoms with Crippen LogP contribution in [0.15, 0.2) is 6.07 Å². The molecule has 0 radical (unpaired) electrons. The molecule has 0 bridgehead atoms. The van der Waals surface area contributed by atoms with Gasteiger partial charge in [-0.2, -0.15) is 9.50 Å². The van der Waals surface area contributed by atoms with Crippen molar-refractivity contribution in [1.82, 2.24) is 19.6 Å². The normalized spacial score (nSPS) is 11.1. The van der Waals surface area contributed by atoms with E-state index in [2.05, 4.69) is 20.4 Å². The maximum absolute atomic E-state index is 13.3. The van der Waals surface area contributed by atoms with Crippen molar-refractivity contribution in [2.75, 3.05) is 11.9 Å². The van der Waals surface area contributed by atoms with Crippen molar-refractivity contribution in [3.63, 3.8) is 0 Å². The number of esters is 1. The first kappa shape index (κ1) is 21.2. The number of aryl methyl sites for hydroxylation is 1. The molecule has 3 aromatic heterocycles. The standard InChI is InChI=1S/C17H16F2N6O4S/c1-4-29-16(28)10-7(3)9(12(20)26)15(30-10)23-14(27)13-22-17-21-6(2)5-8(11(18)19)25(17)24-13/h5,11H,4H2,1-3H3,(H2,20,26)(H,23,27). The van der Waals surface area contributed by atoms with Gasteiger partial charge in [0.2, 0.25) is 5.82 Å². The molecule has 0 fully saturated rings. The van der Waals surface area contributed by atoms with E-state index in [1.165, 1.54) is 13.8 Å². The van der Waals surface area contributed by atoms with Gasteiger partial charge in [-0.15, -0.1) is 16.4 Å². The molecular formula is C17H16F2N6O4S. The van der Waals surface area contributed by atoms with Gasteiger partial charge in [0.05, 0.1) is 12.2 Å². The minimum Gasteiger partial charge on any atom is -0.462 e. The number of rotatable bonds is 6. The van der Waals surface area contributed by atoms with E-state index in [0.29, 0.717) is 0 Å². The maximum atomic E-state index is 13.3. The van der Waals surface area contributed by atoms with Crippen molar-refractivity contribution >= 4 is 39.9 Å². The number of amides is 2. The lowest BCUT2D eigenvalue weighted by Crippen LogP contribution is -2.18. The summed E-state index contributed by atoms with van der Waals surface area (Å²) in [6, 6.07) is 1.13. The summed E-state index contributed by atoms with van der Waals surface area (Å²) in [5.74, 6) is -3.06. The van der Waals surface area contributed by atoms with Crippen LogP contribution in [0, 0.1) is 13.8 Å². The Hall–Kier alpha value is -3.48. The summed E-state index contributed by atoms with van der Waals surface area (Å²) in [4.78, 5) is 44.5. The van der Waals surface area contributed by atoms with Gasteiger partial charge in [-0.05, 0) is 32.4 Å². The van der Waals surface area contributed by atoms with E-state index in [-0.39, 0.29) is 39.1 Å². The highest BCUT2D eigenvalue weighted by Crippen LogP contribution is 2.33. The molecule has 0 aliphatic carbocycles. The molecule has 0 aromatic carbocycles. The monoisotopic (exact) mass is 438 g/mol. The van der Waals surface area contributed by atoms with Crippen LogP contribution in [0.25, 0.3) is 5.78 Å². The van der Waals surface area contributed by atoms with E-state index in [1.54, 1.807) is 6.92 Å². The van der Waals surface area contributed by atoms with Gasteiger partial charge in [0.1, 0.15) is 15.6 Å². The summed E-state index contributed by atoms with van der Waals surface area (Å²) in [5, 5.41) is 6.19. The molecular weight excluding hydrogens is 422 g/mol. The third-order valence-electron chi connectivity index (χ3n) is 3.98. The van der Waals surface area contributed by atoms with Crippen LogP contribution in [0.2, 0.25) is 0 Å². The number of anilines is 1. The minimum absolute atomic E-state index is 0.00914. The second kappa shape index (κ2) is 8.10. The molecule has 3 rings (SSSR count). The quantitative estimate of drug-likeness (QED) is 0.562. The number of hydrogen-bond donors (Lipinski definition) is 2. The van der Waals surface area contributed by atoms with Crippen molar-refractivity contribution in [2.24, 2.45) is 5.73 Å². The van der Waals surface area contributed by atoms with E-state index >= 15 is 0 Å². The summed E-state index contributed by atoms with van der Waals surface area (Å²) < 4.78 is 32.2. The molecule has 158 valence electrons. The Morgan fingerprint density at radius 1 is 1.30 bits per heavy atom. The molecule has 30 heavy (non-hydrogen) atoms. The first-order valence-corrected chi connectivity index (χ1v) is 9.39. The van der Waals surface area contributed by atoms with Gasteiger partial charge in [0.15, 0.2) is 0 Å². The SMILES string of the molecule is CCOC(=O)c1sc(NC(=O)c2nc3nc(C)cc(C(F)F)n3n2)c(C(N)=O)c1C. The number of ether oxygens (including phenoxy) is 1. The highest BCUT2D eigenvalue weighted by molar-refractivity contribution is 7.18. The number of nitrogens with one attached hydrogen (secondary N) is 1. The smallest absolute Gasteiger partial charge is 0.348 e.